The van der Waals surface area contributed by atoms with Gasteiger partial charge in [-0.2, -0.15) is 0 Å². The second-order valence-electron chi connectivity index (χ2n) is 7.86. The van der Waals surface area contributed by atoms with Crippen molar-refractivity contribution in [3.05, 3.63) is 43.8 Å². The summed E-state index contributed by atoms with van der Waals surface area (Å²) in [6.07, 6.45) is 2.17. The number of benzene rings is 2. The molecule has 0 aliphatic heterocycles. The summed E-state index contributed by atoms with van der Waals surface area (Å²) in [4.78, 5) is 0. The van der Waals surface area contributed by atoms with Crippen molar-refractivity contribution < 1.29 is 14.0 Å². The molecule has 0 bridgehead atoms. The number of hydrogen-bond acceptors (Lipinski definition) is 6. The van der Waals surface area contributed by atoms with E-state index >= 15 is 0 Å². The van der Waals surface area contributed by atoms with Crippen LogP contribution in [-0.2, 0) is 0 Å². The van der Waals surface area contributed by atoms with Crippen molar-refractivity contribution in [2.45, 2.75) is 12.8 Å². The lowest BCUT2D eigenvalue weighted by molar-refractivity contribution is -0.890. The third kappa shape index (κ3) is 7.91. The highest BCUT2D eigenvalue weighted by Crippen LogP contribution is 2.25. The van der Waals surface area contributed by atoms with Gasteiger partial charge >= 0.3 is 0 Å². The zero-order chi connectivity index (χ0) is 21.3. The van der Waals surface area contributed by atoms with Crippen molar-refractivity contribution in [3.8, 4) is 11.5 Å². The van der Waals surface area contributed by atoms with Crippen LogP contribution in [0.4, 0.5) is 22.7 Å². The molecule has 0 unspecified atom stereocenters. The summed E-state index contributed by atoms with van der Waals surface area (Å²) < 4.78 is 11.5. The Labute approximate surface area is 181 Å². The Balaban J connectivity index is 0.00000450. The van der Waals surface area contributed by atoms with Crippen LogP contribution in [0, 0.1) is 7.43 Å². The molecular weight excluding hydrogens is 378 g/mol. The van der Waals surface area contributed by atoms with Gasteiger partial charge in [0.25, 0.3) is 0 Å². The van der Waals surface area contributed by atoms with Gasteiger partial charge in [0.1, 0.15) is 11.5 Å². The van der Waals surface area contributed by atoms with Crippen LogP contribution in [0.1, 0.15) is 12.8 Å². The Hall–Kier alpha value is -2.80. The Morgan fingerprint density at radius 2 is 1.17 bits per heavy atom. The molecular formula is C23H39N5O2. The molecule has 2 rings (SSSR count). The van der Waals surface area contributed by atoms with Crippen LogP contribution in [0.5, 0.6) is 11.5 Å². The molecule has 30 heavy (non-hydrogen) atoms. The second-order valence-corrected chi connectivity index (χ2v) is 7.86. The van der Waals surface area contributed by atoms with E-state index in [4.69, 9.17) is 20.9 Å². The van der Waals surface area contributed by atoms with E-state index in [1.807, 2.05) is 36.4 Å². The zero-order valence-electron chi connectivity index (χ0n) is 19.1. The maximum Gasteiger partial charge on any atom is 0.143 e. The summed E-state index contributed by atoms with van der Waals surface area (Å²) in [7, 11) is 7.82. The topological polar surface area (TPSA) is 94.6 Å². The minimum absolute atomic E-state index is 0. The fourth-order valence-corrected chi connectivity index (χ4v) is 3.23. The zero-order valence-corrected chi connectivity index (χ0v) is 19.1. The van der Waals surface area contributed by atoms with Crippen molar-refractivity contribution in [2.24, 2.45) is 0 Å². The molecule has 0 atom stereocenters. The molecule has 0 aliphatic rings. The number of nitrogens with zero attached hydrogens (tertiary/aromatic N) is 1. The molecule has 7 heteroatoms. The molecule has 0 heterocycles. The van der Waals surface area contributed by atoms with Gasteiger partial charge in [-0.1, -0.05) is 0 Å². The monoisotopic (exact) mass is 417 g/mol. The maximum absolute atomic E-state index is 5.86. The Bertz CT molecular complexity index is 717. The van der Waals surface area contributed by atoms with E-state index < -0.39 is 0 Å². The normalized spacial score (nSPS) is 10.8. The molecule has 168 valence electrons. The summed E-state index contributed by atoms with van der Waals surface area (Å²) in [6, 6.07) is 11.6. The average molecular weight is 418 g/mol. The predicted molar refractivity (Wildman–Crippen MR) is 129 cm³/mol. The van der Waals surface area contributed by atoms with Gasteiger partial charge in [0.15, 0.2) is 0 Å². The van der Waals surface area contributed by atoms with Crippen molar-refractivity contribution in [1.82, 2.24) is 0 Å². The standard InChI is InChI=1S/C22H36N5O2.CH3/c1-27(2,13-5-11-25-17-7-9-19(23)21(15-17)28-3)14-6-12-26-18-8-10-20(24)22(16-18)29-4;/h7-10,15-16,25-26H,5-6,11-14,23-24H2,1-4H3;1H3/q+1;-1. The first-order valence-corrected chi connectivity index (χ1v) is 10.0. The third-order valence-electron chi connectivity index (χ3n) is 5.01. The van der Waals surface area contributed by atoms with E-state index in [-0.39, 0.29) is 7.43 Å². The number of nitrogen functional groups attached to an aromatic ring is 2. The van der Waals surface area contributed by atoms with E-state index in [9.17, 15) is 0 Å². The summed E-state index contributed by atoms with van der Waals surface area (Å²) in [6.45, 7) is 4.04. The molecule has 0 saturated heterocycles. The molecule has 2 aromatic rings. The van der Waals surface area contributed by atoms with Crippen molar-refractivity contribution in [2.75, 3.05) is 76.6 Å². The summed E-state index contributed by atoms with van der Waals surface area (Å²) in [5.41, 5.74) is 15.1. The number of methoxy groups -OCH3 is 2. The lowest BCUT2D eigenvalue weighted by atomic mass is 10.2. The van der Waals surface area contributed by atoms with Gasteiger partial charge in [0.05, 0.1) is 52.8 Å². The van der Waals surface area contributed by atoms with E-state index in [0.717, 1.165) is 54.9 Å². The molecule has 0 saturated carbocycles. The number of hydrogen-bond donors (Lipinski definition) is 4. The molecule has 6 N–H and O–H groups in total. The molecule has 0 spiro atoms. The summed E-state index contributed by atoms with van der Waals surface area (Å²) >= 11 is 0. The van der Waals surface area contributed by atoms with Crippen molar-refractivity contribution >= 4 is 22.7 Å². The number of anilines is 4. The highest BCUT2D eigenvalue weighted by atomic mass is 16.5. The summed E-state index contributed by atoms with van der Waals surface area (Å²) in [5.74, 6) is 1.41. The first-order chi connectivity index (χ1) is 13.8. The largest absolute Gasteiger partial charge is 0.495 e. The van der Waals surface area contributed by atoms with Crippen LogP contribution >= 0.6 is 0 Å². The van der Waals surface area contributed by atoms with Crippen LogP contribution in [-0.4, -0.2) is 59.0 Å². The highest BCUT2D eigenvalue weighted by molar-refractivity contribution is 5.62. The quantitative estimate of drug-likeness (QED) is 0.182. The van der Waals surface area contributed by atoms with Gasteiger partial charge in [-0.15, -0.1) is 0 Å². The van der Waals surface area contributed by atoms with Crippen molar-refractivity contribution in [1.29, 1.82) is 0 Å². The number of rotatable bonds is 12. The molecule has 0 fully saturated rings. The lowest BCUT2D eigenvalue weighted by Gasteiger charge is -2.30. The van der Waals surface area contributed by atoms with Crippen LogP contribution in [0.25, 0.3) is 0 Å². The minimum atomic E-state index is 0. The third-order valence-corrected chi connectivity index (χ3v) is 5.01. The van der Waals surface area contributed by atoms with E-state index in [1.165, 1.54) is 0 Å². The number of ether oxygens (including phenoxy) is 2. The molecule has 2 aromatic carbocycles. The molecule has 0 aliphatic carbocycles. The first-order valence-electron chi connectivity index (χ1n) is 10.0. The SMILES string of the molecule is COc1cc(NCCC[N+](C)(C)CCCNc2ccc(N)c(OC)c2)ccc1N.[CH3-]. The lowest BCUT2D eigenvalue weighted by Crippen LogP contribution is -2.42. The van der Waals surface area contributed by atoms with E-state index in [0.29, 0.717) is 22.9 Å². The van der Waals surface area contributed by atoms with Gasteiger partial charge < -0.3 is 43.5 Å². The Kier molecular flexibility index (Phi) is 10.1. The fourth-order valence-electron chi connectivity index (χ4n) is 3.23. The minimum Gasteiger partial charge on any atom is -0.495 e. The van der Waals surface area contributed by atoms with Crippen LogP contribution in [0.15, 0.2) is 36.4 Å². The summed E-state index contributed by atoms with van der Waals surface area (Å²) in [5, 5.41) is 6.89. The van der Waals surface area contributed by atoms with Gasteiger partial charge in [0.2, 0.25) is 0 Å². The van der Waals surface area contributed by atoms with E-state index in [1.54, 1.807) is 14.2 Å². The fraction of sp³-hybridized carbons (Fsp3) is 0.435. The second kappa shape index (κ2) is 12.0. The smallest absolute Gasteiger partial charge is 0.143 e. The number of nitrogens with two attached hydrogens (primary N) is 2. The highest BCUT2D eigenvalue weighted by Gasteiger charge is 2.14. The Morgan fingerprint density at radius 1 is 0.767 bits per heavy atom. The first kappa shape index (κ1) is 25.2. The van der Waals surface area contributed by atoms with Gasteiger partial charge in [-0.05, 0) is 24.3 Å². The average Bonchev–Trinajstić information content (AvgIpc) is 2.70. The predicted octanol–water partition coefficient (Wildman–Crippen LogP) is 3.70. The van der Waals surface area contributed by atoms with Crippen LogP contribution in [0.3, 0.4) is 0 Å². The molecule has 0 aromatic heterocycles. The molecule has 7 nitrogen and oxygen atoms in total. The number of quaternary nitrogens is 1. The van der Waals surface area contributed by atoms with Crippen molar-refractivity contribution in [3.63, 3.8) is 0 Å². The number of nitrogens with one attached hydrogen (secondary N) is 2. The molecule has 0 radical (unpaired) electrons. The molecule has 0 amide bonds. The Morgan fingerprint density at radius 3 is 1.53 bits per heavy atom. The van der Waals surface area contributed by atoms with Crippen LogP contribution < -0.4 is 31.6 Å². The maximum atomic E-state index is 5.86. The van der Waals surface area contributed by atoms with Gasteiger partial charge in [-0.3, -0.25) is 0 Å². The van der Waals surface area contributed by atoms with Crippen LogP contribution in [0.2, 0.25) is 0 Å². The van der Waals surface area contributed by atoms with Gasteiger partial charge in [0, 0.05) is 49.4 Å². The van der Waals surface area contributed by atoms with E-state index in [2.05, 4.69) is 24.7 Å². The van der Waals surface area contributed by atoms with Gasteiger partial charge in [-0.25, -0.2) is 0 Å².